The molecule has 0 aliphatic rings. The smallest absolute Gasteiger partial charge is 0.291 e. The number of benzene rings is 1. The highest BCUT2D eigenvalue weighted by molar-refractivity contribution is 5.93. The minimum atomic E-state index is -0.427. The van der Waals surface area contributed by atoms with Gasteiger partial charge in [0.1, 0.15) is 11.5 Å². The van der Waals surface area contributed by atoms with Crippen molar-refractivity contribution in [3.8, 4) is 11.5 Å². The molecule has 0 aliphatic heterocycles. The highest BCUT2D eigenvalue weighted by Gasteiger charge is 2.19. The summed E-state index contributed by atoms with van der Waals surface area (Å²) < 4.78 is 5.29. The van der Waals surface area contributed by atoms with Gasteiger partial charge in [-0.15, -0.1) is 0 Å². The maximum atomic E-state index is 12.0. The topological polar surface area (TPSA) is 99.6 Å². The van der Waals surface area contributed by atoms with Crippen molar-refractivity contribution in [2.45, 2.75) is 33.1 Å². The van der Waals surface area contributed by atoms with Gasteiger partial charge >= 0.3 is 0 Å². The number of hydrazone groups is 1. The van der Waals surface area contributed by atoms with E-state index in [0.29, 0.717) is 17.9 Å². The number of carbonyl (C=O) groups is 1. The van der Waals surface area contributed by atoms with Gasteiger partial charge in [-0.3, -0.25) is 9.89 Å². The zero-order valence-electron chi connectivity index (χ0n) is 14.3. The van der Waals surface area contributed by atoms with Crippen LogP contribution in [0.5, 0.6) is 11.5 Å². The van der Waals surface area contributed by atoms with E-state index in [-0.39, 0.29) is 16.9 Å². The average Bonchev–Trinajstić information content (AvgIpc) is 3.00. The molecule has 3 N–H and O–H groups in total. The molecule has 0 fully saturated rings. The van der Waals surface area contributed by atoms with E-state index >= 15 is 0 Å². The van der Waals surface area contributed by atoms with Gasteiger partial charge in [0.2, 0.25) is 0 Å². The highest BCUT2D eigenvalue weighted by Crippen LogP contribution is 2.22. The molecule has 0 bridgehead atoms. The summed E-state index contributed by atoms with van der Waals surface area (Å²) in [5.41, 5.74) is 3.85. The van der Waals surface area contributed by atoms with Crippen LogP contribution in [0.15, 0.2) is 29.4 Å². The third-order valence-corrected chi connectivity index (χ3v) is 3.30. The van der Waals surface area contributed by atoms with Crippen molar-refractivity contribution in [1.82, 2.24) is 15.6 Å². The van der Waals surface area contributed by atoms with Crippen molar-refractivity contribution >= 4 is 12.1 Å². The lowest BCUT2D eigenvalue weighted by Crippen LogP contribution is -2.18. The molecular weight excluding hydrogens is 308 g/mol. The fourth-order valence-electron chi connectivity index (χ4n) is 1.93. The summed E-state index contributed by atoms with van der Waals surface area (Å²) in [6.45, 7) is 8.45. The lowest BCUT2D eigenvalue weighted by atomic mass is 9.92. The molecule has 0 unspecified atom stereocenters. The second kappa shape index (κ2) is 7.16. The number of rotatable bonds is 5. The Kier molecular flexibility index (Phi) is 5.23. The normalized spacial score (nSPS) is 11.7. The fraction of sp³-hybridized carbons (Fsp3) is 0.353. The maximum absolute atomic E-state index is 12.0. The molecule has 1 heterocycles. The molecule has 1 aromatic heterocycles. The van der Waals surface area contributed by atoms with Crippen molar-refractivity contribution < 1.29 is 14.6 Å². The first-order valence-corrected chi connectivity index (χ1v) is 7.66. The minimum Gasteiger partial charge on any atom is -0.507 e. The Bertz CT molecular complexity index is 745. The van der Waals surface area contributed by atoms with Gasteiger partial charge in [0, 0.05) is 22.7 Å². The van der Waals surface area contributed by atoms with Crippen LogP contribution in [0.1, 0.15) is 49.4 Å². The zero-order chi connectivity index (χ0) is 17.7. The summed E-state index contributed by atoms with van der Waals surface area (Å²) >= 11 is 0. The Morgan fingerprint density at radius 2 is 2.17 bits per heavy atom. The summed E-state index contributed by atoms with van der Waals surface area (Å²) in [6, 6.07) is 6.56. The van der Waals surface area contributed by atoms with E-state index in [0.717, 1.165) is 5.69 Å². The van der Waals surface area contributed by atoms with Crippen LogP contribution in [0.2, 0.25) is 0 Å². The Labute approximate surface area is 140 Å². The third-order valence-electron chi connectivity index (χ3n) is 3.30. The van der Waals surface area contributed by atoms with Crippen molar-refractivity contribution in [3.63, 3.8) is 0 Å². The van der Waals surface area contributed by atoms with Crippen LogP contribution in [-0.4, -0.2) is 34.0 Å². The second-order valence-electron chi connectivity index (χ2n) is 6.27. The monoisotopic (exact) mass is 330 g/mol. The van der Waals surface area contributed by atoms with Crippen LogP contribution >= 0.6 is 0 Å². The van der Waals surface area contributed by atoms with Crippen molar-refractivity contribution in [2.24, 2.45) is 5.10 Å². The van der Waals surface area contributed by atoms with E-state index in [1.165, 1.54) is 12.3 Å². The second-order valence-corrected chi connectivity index (χ2v) is 6.27. The molecule has 7 heteroatoms. The molecule has 128 valence electrons. The van der Waals surface area contributed by atoms with Gasteiger partial charge in [-0.25, -0.2) is 5.43 Å². The van der Waals surface area contributed by atoms with Crippen molar-refractivity contribution in [1.29, 1.82) is 0 Å². The molecule has 0 aliphatic carbocycles. The molecule has 0 saturated heterocycles. The van der Waals surface area contributed by atoms with Crippen LogP contribution in [0.3, 0.4) is 0 Å². The van der Waals surface area contributed by atoms with Crippen LogP contribution in [0, 0.1) is 0 Å². The number of phenols is 1. The molecule has 2 aromatic rings. The Balaban J connectivity index is 2.01. The minimum absolute atomic E-state index is 0.0220. The van der Waals surface area contributed by atoms with E-state index in [1.54, 1.807) is 18.2 Å². The zero-order valence-corrected chi connectivity index (χ0v) is 14.3. The summed E-state index contributed by atoms with van der Waals surface area (Å²) in [6.07, 6.45) is 1.36. The molecule has 1 aromatic carbocycles. The van der Waals surface area contributed by atoms with E-state index < -0.39 is 5.91 Å². The number of ether oxygens (including phenoxy) is 1. The molecule has 0 saturated carbocycles. The maximum Gasteiger partial charge on any atom is 0.291 e. The van der Waals surface area contributed by atoms with Crippen LogP contribution in [0.25, 0.3) is 0 Å². The number of amides is 1. The molecule has 0 spiro atoms. The number of aromatic hydroxyl groups is 1. The number of H-pyrrole nitrogens is 1. The molecule has 7 nitrogen and oxygen atoms in total. The molecule has 2 rings (SSSR count). The number of aromatic amines is 1. The SMILES string of the molecule is CCOc1ccc(/C=N\NC(=O)c2cc(C(C)(C)C)[nH]n2)c(O)c1. The molecule has 24 heavy (non-hydrogen) atoms. The van der Waals surface area contributed by atoms with Crippen LogP contribution in [0.4, 0.5) is 0 Å². The Hall–Kier alpha value is -2.83. The summed E-state index contributed by atoms with van der Waals surface area (Å²) in [4.78, 5) is 12.0. The number of hydrogen-bond donors (Lipinski definition) is 3. The lowest BCUT2D eigenvalue weighted by molar-refractivity contribution is 0.0950. The van der Waals surface area contributed by atoms with Gasteiger partial charge in [-0.1, -0.05) is 20.8 Å². The van der Waals surface area contributed by atoms with E-state index in [1.807, 2.05) is 27.7 Å². The molecule has 0 atom stereocenters. The van der Waals surface area contributed by atoms with Gasteiger partial charge < -0.3 is 9.84 Å². The van der Waals surface area contributed by atoms with Gasteiger partial charge in [0.25, 0.3) is 5.91 Å². The number of hydrogen-bond acceptors (Lipinski definition) is 5. The van der Waals surface area contributed by atoms with Gasteiger partial charge in [-0.05, 0) is 25.1 Å². The Morgan fingerprint density at radius 3 is 2.75 bits per heavy atom. The van der Waals surface area contributed by atoms with Crippen LogP contribution < -0.4 is 10.2 Å². The number of carbonyl (C=O) groups excluding carboxylic acids is 1. The first kappa shape index (κ1) is 17.5. The number of phenolic OH excluding ortho intramolecular Hbond substituents is 1. The fourth-order valence-corrected chi connectivity index (χ4v) is 1.93. The Morgan fingerprint density at radius 1 is 1.42 bits per heavy atom. The standard InChI is InChI=1S/C17H22N4O3/c1-5-24-12-7-6-11(14(22)8-12)10-18-21-16(23)13-9-15(20-19-13)17(2,3)4/h6-10,22H,5H2,1-4H3,(H,19,20)(H,21,23)/b18-10-. The summed E-state index contributed by atoms with van der Waals surface area (Å²) in [5, 5.41) is 20.6. The predicted molar refractivity (Wildman–Crippen MR) is 91.6 cm³/mol. The average molecular weight is 330 g/mol. The highest BCUT2D eigenvalue weighted by atomic mass is 16.5. The predicted octanol–water partition coefficient (Wildman–Crippen LogP) is 2.58. The van der Waals surface area contributed by atoms with E-state index in [2.05, 4.69) is 20.7 Å². The van der Waals surface area contributed by atoms with Gasteiger partial charge in [-0.2, -0.15) is 10.2 Å². The summed E-state index contributed by atoms with van der Waals surface area (Å²) in [7, 11) is 0. The first-order valence-electron chi connectivity index (χ1n) is 7.66. The number of nitrogens with one attached hydrogen (secondary N) is 2. The number of aromatic nitrogens is 2. The van der Waals surface area contributed by atoms with E-state index in [9.17, 15) is 9.90 Å². The molecular formula is C17H22N4O3. The number of nitrogens with zero attached hydrogens (tertiary/aromatic N) is 2. The van der Waals surface area contributed by atoms with Crippen molar-refractivity contribution in [2.75, 3.05) is 6.61 Å². The summed E-state index contributed by atoms with van der Waals surface area (Å²) in [5.74, 6) is 0.166. The lowest BCUT2D eigenvalue weighted by Gasteiger charge is -2.14. The molecule has 0 radical (unpaired) electrons. The van der Waals surface area contributed by atoms with Crippen molar-refractivity contribution in [3.05, 3.63) is 41.2 Å². The van der Waals surface area contributed by atoms with Gasteiger partial charge in [0.05, 0.1) is 12.8 Å². The quantitative estimate of drug-likeness (QED) is 0.579. The third kappa shape index (κ3) is 4.34. The van der Waals surface area contributed by atoms with E-state index in [4.69, 9.17) is 4.74 Å². The first-order chi connectivity index (χ1) is 11.3. The largest absolute Gasteiger partial charge is 0.507 e. The molecule has 1 amide bonds. The van der Waals surface area contributed by atoms with Crippen LogP contribution in [-0.2, 0) is 5.41 Å². The van der Waals surface area contributed by atoms with Gasteiger partial charge in [0.15, 0.2) is 5.69 Å².